The number of rotatable bonds is 4. The zero-order valence-electron chi connectivity index (χ0n) is 11.1. The lowest BCUT2D eigenvalue weighted by atomic mass is 9.74. The Morgan fingerprint density at radius 1 is 1.50 bits per heavy atom. The van der Waals surface area contributed by atoms with Gasteiger partial charge in [0.05, 0.1) is 13.0 Å². The molecule has 0 aromatic carbocycles. The van der Waals surface area contributed by atoms with E-state index in [0.717, 1.165) is 12.8 Å². The molecule has 1 rings (SSSR count). The largest absolute Gasteiger partial charge is 0.466 e. The molecule has 1 aliphatic carbocycles. The summed E-state index contributed by atoms with van der Waals surface area (Å²) in [6, 6.07) is 0. The topological polar surface area (TPSA) is 29.5 Å². The molecule has 0 amide bonds. The highest BCUT2D eigenvalue weighted by molar-refractivity contribution is 5.71. The molecule has 94 valence electrons. The van der Waals surface area contributed by atoms with Gasteiger partial charge < -0.3 is 9.64 Å². The number of carbonyl (C=O) groups excluding carboxylic acids is 1. The second kappa shape index (κ2) is 5.67. The van der Waals surface area contributed by atoms with Crippen molar-refractivity contribution in [3.63, 3.8) is 0 Å². The number of esters is 1. The molecule has 1 fully saturated rings. The summed E-state index contributed by atoms with van der Waals surface area (Å²) < 4.78 is 5.09. The van der Waals surface area contributed by atoms with Gasteiger partial charge in [0.15, 0.2) is 0 Å². The summed E-state index contributed by atoms with van der Waals surface area (Å²) in [6.45, 7) is 4.63. The Hall–Kier alpha value is -0.570. The highest BCUT2D eigenvalue weighted by Crippen LogP contribution is 2.38. The second-order valence-corrected chi connectivity index (χ2v) is 5.30. The van der Waals surface area contributed by atoms with E-state index < -0.39 is 0 Å². The standard InChI is InChI=1S/C13H25NO2/c1-5-16-12(15)10-13(14(3)4)8-6-7-11(2)9-13/h11H,5-10H2,1-4H3. The van der Waals surface area contributed by atoms with Gasteiger partial charge in [-0.2, -0.15) is 0 Å². The quantitative estimate of drug-likeness (QED) is 0.691. The van der Waals surface area contributed by atoms with E-state index in [0.29, 0.717) is 18.9 Å². The summed E-state index contributed by atoms with van der Waals surface area (Å²) in [7, 11) is 4.16. The molecule has 0 aliphatic heterocycles. The third kappa shape index (κ3) is 3.21. The minimum atomic E-state index is -0.0506. The average molecular weight is 227 g/mol. The molecule has 0 saturated heterocycles. The Labute approximate surface area is 99.1 Å². The first-order valence-corrected chi connectivity index (χ1v) is 6.33. The SMILES string of the molecule is CCOC(=O)CC1(N(C)C)CCCC(C)C1. The smallest absolute Gasteiger partial charge is 0.307 e. The van der Waals surface area contributed by atoms with Crippen LogP contribution < -0.4 is 0 Å². The van der Waals surface area contributed by atoms with Crippen LogP contribution in [0.4, 0.5) is 0 Å². The van der Waals surface area contributed by atoms with Crippen molar-refractivity contribution >= 4 is 5.97 Å². The summed E-state index contributed by atoms with van der Waals surface area (Å²) in [6.07, 6.45) is 5.28. The molecule has 0 radical (unpaired) electrons. The van der Waals surface area contributed by atoms with Gasteiger partial charge in [-0.05, 0) is 39.8 Å². The van der Waals surface area contributed by atoms with E-state index in [1.165, 1.54) is 12.8 Å². The molecule has 2 unspecified atom stereocenters. The van der Waals surface area contributed by atoms with Gasteiger partial charge in [0, 0.05) is 5.54 Å². The number of carbonyl (C=O) groups is 1. The summed E-state index contributed by atoms with van der Waals surface area (Å²) in [5, 5.41) is 0. The van der Waals surface area contributed by atoms with Crippen LogP contribution in [-0.2, 0) is 9.53 Å². The third-order valence-corrected chi connectivity index (χ3v) is 3.79. The zero-order chi connectivity index (χ0) is 12.2. The molecule has 1 saturated carbocycles. The summed E-state index contributed by atoms with van der Waals surface area (Å²) in [5.41, 5.74) is 0.0317. The van der Waals surface area contributed by atoms with Crippen LogP contribution in [0.15, 0.2) is 0 Å². The predicted octanol–water partition coefficient (Wildman–Crippen LogP) is 2.45. The van der Waals surface area contributed by atoms with Crippen LogP contribution in [0.2, 0.25) is 0 Å². The molecule has 0 aromatic rings. The maximum Gasteiger partial charge on any atom is 0.307 e. The van der Waals surface area contributed by atoms with Crippen LogP contribution in [0.1, 0.15) is 46.0 Å². The molecule has 16 heavy (non-hydrogen) atoms. The second-order valence-electron chi connectivity index (χ2n) is 5.30. The molecule has 0 bridgehead atoms. The average Bonchev–Trinajstić information content (AvgIpc) is 2.17. The summed E-state index contributed by atoms with van der Waals surface area (Å²) in [4.78, 5) is 13.9. The lowest BCUT2D eigenvalue weighted by Crippen LogP contribution is -2.49. The monoisotopic (exact) mass is 227 g/mol. The van der Waals surface area contributed by atoms with E-state index in [2.05, 4.69) is 25.9 Å². The molecule has 3 nitrogen and oxygen atoms in total. The predicted molar refractivity (Wildman–Crippen MR) is 65.3 cm³/mol. The van der Waals surface area contributed by atoms with E-state index >= 15 is 0 Å². The normalized spacial score (nSPS) is 30.4. The highest BCUT2D eigenvalue weighted by atomic mass is 16.5. The lowest BCUT2D eigenvalue weighted by molar-refractivity contribution is -0.147. The highest BCUT2D eigenvalue weighted by Gasteiger charge is 2.39. The first kappa shape index (κ1) is 13.5. The van der Waals surface area contributed by atoms with Crippen molar-refractivity contribution in [1.29, 1.82) is 0 Å². The van der Waals surface area contributed by atoms with Gasteiger partial charge in [-0.1, -0.05) is 19.8 Å². The van der Waals surface area contributed by atoms with Crippen LogP contribution in [0.5, 0.6) is 0 Å². The van der Waals surface area contributed by atoms with Crippen LogP contribution in [0.25, 0.3) is 0 Å². The molecule has 0 N–H and O–H groups in total. The van der Waals surface area contributed by atoms with Crippen LogP contribution in [-0.4, -0.2) is 37.1 Å². The minimum Gasteiger partial charge on any atom is -0.466 e. The fourth-order valence-corrected chi connectivity index (χ4v) is 2.84. The van der Waals surface area contributed by atoms with E-state index in [4.69, 9.17) is 4.74 Å². The first-order chi connectivity index (χ1) is 7.50. The van der Waals surface area contributed by atoms with Gasteiger partial charge in [-0.15, -0.1) is 0 Å². The van der Waals surface area contributed by atoms with Gasteiger partial charge in [-0.3, -0.25) is 4.79 Å². The van der Waals surface area contributed by atoms with Crippen molar-refractivity contribution in [2.45, 2.75) is 51.5 Å². The molecular weight excluding hydrogens is 202 g/mol. The van der Waals surface area contributed by atoms with E-state index in [1.54, 1.807) is 0 Å². The maximum atomic E-state index is 11.7. The fourth-order valence-electron chi connectivity index (χ4n) is 2.84. The van der Waals surface area contributed by atoms with Gasteiger partial charge in [-0.25, -0.2) is 0 Å². The Morgan fingerprint density at radius 3 is 2.69 bits per heavy atom. The van der Waals surface area contributed by atoms with E-state index in [9.17, 15) is 4.79 Å². The van der Waals surface area contributed by atoms with Crippen molar-refractivity contribution in [2.24, 2.45) is 5.92 Å². The van der Waals surface area contributed by atoms with E-state index in [1.807, 2.05) is 6.92 Å². The summed E-state index contributed by atoms with van der Waals surface area (Å²) in [5.74, 6) is 0.663. The van der Waals surface area contributed by atoms with Gasteiger partial charge >= 0.3 is 5.97 Å². The van der Waals surface area contributed by atoms with Crippen molar-refractivity contribution in [2.75, 3.05) is 20.7 Å². The van der Waals surface area contributed by atoms with Crippen molar-refractivity contribution < 1.29 is 9.53 Å². The molecule has 0 aromatic heterocycles. The lowest BCUT2D eigenvalue weighted by Gasteiger charge is -2.44. The Balaban J connectivity index is 2.68. The number of hydrogen-bond acceptors (Lipinski definition) is 3. The van der Waals surface area contributed by atoms with Crippen LogP contribution >= 0.6 is 0 Å². The van der Waals surface area contributed by atoms with Crippen LogP contribution in [0.3, 0.4) is 0 Å². The molecule has 0 heterocycles. The fraction of sp³-hybridized carbons (Fsp3) is 0.923. The number of ether oxygens (including phenoxy) is 1. The van der Waals surface area contributed by atoms with E-state index in [-0.39, 0.29) is 11.5 Å². The van der Waals surface area contributed by atoms with Gasteiger partial charge in [0.1, 0.15) is 0 Å². The van der Waals surface area contributed by atoms with Gasteiger partial charge in [0.2, 0.25) is 0 Å². The number of hydrogen-bond donors (Lipinski definition) is 0. The zero-order valence-corrected chi connectivity index (χ0v) is 11.1. The molecular formula is C13H25NO2. The molecule has 3 heteroatoms. The Kier molecular flexibility index (Phi) is 4.78. The first-order valence-electron chi connectivity index (χ1n) is 6.33. The molecule has 2 atom stereocenters. The maximum absolute atomic E-state index is 11.7. The molecule has 1 aliphatic rings. The summed E-state index contributed by atoms with van der Waals surface area (Å²) >= 11 is 0. The van der Waals surface area contributed by atoms with Crippen molar-refractivity contribution in [3.8, 4) is 0 Å². The molecule has 0 spiro atoms. The van der Waals surface area contributed by atoms with Gasteiger partial charge in [0.25, 0.3) is 0 Å². The number of nitrogens with zero attached hydrogens (tertiary/aromatic N) is 1. The van der Waals surface area contributed by atoms with Crippen LogP contribution in [0, 0.1) is 5.92 Å². The Morgan fingerprint density at radius 2 is 2.19 bits per heavy atom. The third-order valence-electron chi connectivity index (χ3n) is 3.79. The van der Waals surface area contributed by atoms with Crippen molar-refractivity contribution in [1.82, 2.24) is 4.90 Å². The van der Waals surface area contributed by atoms with Crippen molar-refractivity contribution in [3.05, 3.63) is 0 Å². The minimum absolute atomic E-state index is 0.0317. The Bertz CT molecular complexity index is 240.